The summed E-state index contributed by atoms with van der Waals surface area (Å²) in [6.07, 6.45) is -0.0227. The molecule has 1 aromatic rings. The van der Waals surface area contributed by atoms with Crippen LogP contribution in [-0.2, 0) is 13.8 Å². The Labute approximate surface area is 137 Å². The second-order valence-corrected chi connectivity index (χ2v) is 7.99. The van der Waals surface area contributed by atoms with E-state index in [4.69, 9.17) is 15.4 Å². The number of benzene rings is 1. The van der Waals surface area contributed by atoms with E-state index in [1.807, 2.05) is 6.92 Å². The van der Waals surface area contributed by atoms with E-state index in [1.54, 1.807) is 19.9 Å². The fourth-order valence-corrected chi connectivity index (χ4v) is 3.42. The summed E-state index contributed by atoms with van der Waals surface area (Å²) in [7, 11) is 1.44. The molecule has 0 fully saturated rings. The lowest BCUT2D eigenvalue weighted by Crippen LogP contribution is -2.37. The normalized spacial score (nSPS) is 12.8. The van der Waals surface area contributed by atoms with Gasteiger partial charge in [0.05, 0.1) is 0 Å². The number of hydrogen-bond acceptors (Lipinski definition) is 4. The van der Waals surface area contributed by atoms with E-state index in [0.717, 1.165) is 6.42 Å². The lowest BCUT2D eigenvalue weighted by Gasteiger charge is -2.18. The first-order valence-electron chi connectivity index (χ1n) is 6.36. The van der Waals surface area contributed by atoms with E-state index in [-0.39, 0.29) is 16.6 Å². The van der Waals surface area contributed by atoms with Crippen LogP contribution >= 0.6 is 26.6 Å². The Balaban J connectivity index is 3.11. The highest BCUT2D eigenvalue weighted by atomic mass is 79.9. The molecule has 0 heterocycles. The third-order valence-corrected chi connectivity index (χ3v) is 4.47. The van der Waals surface area contributed by atoms with Crippen molar-refractivity contribution >= 4 is 41.6 Å². The van der Waals surface area contributed by atoms with Crippen molar-refractivity contribution in [2.45, 2.75) is 38.2 Å². The van der Waals surface area contributed by atoms with Crippen LogP contribution in [0.3, 0.4) is 0 Å². The van der Waals surface area contributed by atoms with Crippen molar-refractivity contribution in [2.75, 3.05) is 6.54 Å². The van der Waals surface area contributed by atoms with Crippen molar-refractivity contribution in [1.29, 1.82) is 0 Å². The Morgan fingerprint density at radius 1 is 1.48 bits per heavy atom. The smallest absolute Gasteiger partial charge is 0.265 e. The van der Waals surface area contributed by atoms with Gasteiger partial charge in [-0.3, -0.25) is 4.79 Å². The average molecular weight is 399 g/mol. The minimum absolute atomic E-state index is 0.0901. The molecule has 0 aliphatic heterocycles. The lowest BCUT2D eigenvalue weighted by atomic mass is 10.2. The first-order valence-corrected chi connectivity index (χ1v) is 9.46. The fraction of sp³-hybridized carbons (Fsp3) is 0.462. The summed E-state index contributed by atoms with van der Waals surface area (Å²) >= 11 is 3.21. The number of rotatable bonds is 6. The monoisotopic (exact) mass is 397 g/mol. The third-order valence-electron chi connectivity index (χ3n) is 2.68. The van der Waals surface area contributed by atoms with Crippen LogP contribution in [0.1, 0.15) is 25.8 Å². The van der Waals surface area contributed by atoms with E-state index >= 15 is 0 Å². The Morgan fingerprint density at radius 3 is 2.62 bits per heavy atom. The van der Waals surface area contributed by atoms with Gasteiger partial charge < -0.3 is 10.1 Å². The SMILES string of the molecule is CCCNC(=O)C(C)Oc1c(C)cc(Br)cc1S(=O)(=O)Cl. The number of nitrogens with one attached hydrogen (secondary N) is 1. The molecule has 0 aromatic heterocycles. The van der Waals surface area contributed by atoms with Gasteiger partial charge in [0.2, 0.25) is 0 Å². The Hall–Kier alpha value is -0.790. The van der Waals surface area contributed by atoms with E-state index in [2.05, 4.69) is 21.2 Å². The maximum atomic E-state index is 11.8. The number of aryl methyl sites for hydroxylation is 1. The van der Waals surface area contributed by atoms with Crippen LogP contribution in [0.15, 0.2) is 21.5 Å². The van der Waals surface area contributed by atoms with Gasteiger partial charge in [-0.15, -0.1) is 0 Å². The molecule has 0 aliphatic rings. The molecule has 5 nitrogen and oxygen atoms in total. The van der Waals surface area contributed by atoms with E-state index in [1.165, 1.54) is 6.07 Å². The number of halogens is 2. The summed E-state index contributed by atoms with van der Waals surface area (Å²) in [6, 6.07) is 3.04. The van der Waals surface area contributed by atoms with Crippen molar-refractivity contribution in [3.05, 3.63) is 22.2 Å². The van der Waals surface area contributed by atoms with Crippen LogP contribution in [0.2, 0.25) is 0 Å². The molecule has 1 atom stereocenters. The quantitative estimate of drug-likeness (QED) is 0.748. The summed E-state index contributed by atoms with van der Waals surface area (Å²) in [5.41, 5.74) is 0.568. The Bertz CT molecular complexity index is 633. The molecule has 118 valence electrons. The predicted molar refractivity (Wildman–Crippen MR) is 85.3 cm³/mol. The summed E-state index contributed by atoms with van der Waals surface area (Å²) in [4.78, 5) is 11.7. The standard InChI is InChI=1S/C13H17BrClNO4S/c1-4-5-16-13(17)9(3)20-12-8(2)6-10(14)7-11(12)21(15,18)19/h6-7,9H,4-5H2,1-3H3,(H,16,17). The van der Waals surface area contributed by atoms with Crippen molar-refractivity contribution in [2.24, 2.45) is 0 Å². The summed E-state index contributed by atoms with van der Waals surface area (Å²) in [5, 5.41) is 2.69. The molecule has 0 bridgehead atoms. The van der Waals surface area contributed by atoms with E-state index < -0.39 is 15.2 Å². The summed E-state index contributed by atoms with van der Waals surface area (Å²) in [6.45, 7) is 5.70. The second-order valence-electron chi connectivity index (χ2n) is 4.54. The zero-order chi connectivity index (χ0) is 16.2. The largest absolute Gasteiger partial charge is 0.479 e. The minimum atomic E-state index is -3.98. The molecule has 0 radical (unpaired) electrons. The van der Waals surface area contributed by atoms with Gasteiger partial charge in [0.1, 0.15) is 10.6 Å². The van der Waals surface area contributed by atoms with Crippen LogP contribution in [0, 0.1) is 6.92 Å². The first-order chi connectivity index (χ1) is 9.66. The molecule has 1 N–H and O–H groups in total. The fourth-order valence-electron chi connectivity index (χ4n) is 1.65. The van der Waals surface area contributed by atoms with Crippen LogP contribution in [0.25, 0.3) is 0 Å². The molecular weight excluding hydrogens is 382 g/mol. The maximum absolute atomic E-state index is 11.8. The topological polar surface area (TPSA) is 72.5 Å². The zero-order valence-corrected chi connectivity index (χ0v) is 15.1. The average Bonchev–Trinajstić information content (AvgIpc) is 2.37. The molecule has 21 heavy (non-hydrogen) atoms. The van der Waals surface area contributed by atoms with Crippen LogP contribution in [0.4, 0.5) is 0 Å². The maximum Gasteiger partial charge on any atom is 0.265 e. The third kappa shape index (κ3) is 5.16. The molecule has 0 saturated heterocycles. The molecule has 1 aromatic carbocycles. The number of hydrogen-bond donors (Lipinski definition) is 1. The van der Waals surface area contributed by atoms with Crippen molar-refractivity contribution in [1.82, 2.24) is 5.32 Å². The zero-order valence-electron chi connectivity index (χ0n) is 11.9. The molecule has 0 aliphatic carbocycles. The molecule has 8 heteroatoms. The van der Waals surface area contributed by atoms with Crippen molar-refractivity contribution in [3.8, 4) is 5.75 Å². The van der Waals surface area contributed by atoms with Gasteiger partial charge in [0.25, 0.3) is 15.0 Å². The van der Waals surface area contributed by atoms with Crippen molar-refractivity contribution in [3.63, 3.8) is 0 Å². The predicted octanol–water partition coefficient (Wildman–Crippen LogP) is 2.98. The van der Waals surface area contributed by atoms with Crippen LogP contribution < -0.4 is 10.1 Å². The van der Waals surface area contributed by atoms with Gasteiger partial charge >= 0.3 is 0 Å². The van der Waals surface area contributed by atoms with Gasteiger partial charge in [-0.1, -0.05) is 22.9 Å². The van der Waals surface area contributed by atoms with Crippen molar-refractivity contribution < 1.29 is 17.9 Å². The number of ether oxygens (including phenoxy) is 1. The van der Waals surface area contributed by atoms with E-state index in [9.17, 15) is 13.2 Å². The Kier molecular flexibility index (Phi) is 6.49. The van der Waals surface area contributed by atoms with Crippen LogP contribution in [0.5, 0.6) is 5.75 Å². The highest BCUT2D eigenvalue weighted by Crippen LogP contribution is 2.34. The number of carbonyl (C=O) groups excluding carboxylic acids is 1. The second kappa shape index (κ2) is 7.47. The first kappa shape index (κ1) is 18.3. The molecule has 1 unspecified atom stereocenters. The Morgan fingerprint density at radius 2 is 2.10 bits per heavy atom. The highest BCUT2D eigenvalue weighted by molar-refractivity contribution is 9.10. The van der Waals surface area contributed by atoms with Gasteiger partial charge in [0, 0.05) is 21.7 Å². The van der Waals surface area contributed by atoms with Crippen LogP contribution in [-0.4, -0.2) is 27.0 Å². The van der Waals surface area contributed by atoms with E-state index in [0.29, 0.717) is 16.6 Å². The van der Waals surface area contributed by atoms with Gasteiger partial charge in [-0.05, 0) is 38.0 Å². The molecule has 1 rings (SSSR count). The molecule has 0 spiro atoms. The van der Waals surface area contributed by atoms with Gasteiger partial charge in [-0.25, -0.2) is 8.42 Å². The highest BCUT2D eigenvalue weighted by Gasteiger charge is 2.23. The molecular formula is C13H17BrClNO4S. The van der Waals surface area contributed by atoms with Gasteiger partial charge in [-0.2, -0.15) is 0 Å². The minimum Gasteiger partial charge on any atom is -0.479 e. The molecule has 0 saturated carbocycles. The lowest BCUT2D eigenvalue weighted by molar-refractivity contribution is -0.127. The summed E-state index contributed by atoms with van der Waals surface area (Å²) in [5.74, 6) is -0.218. The molecule has 1 amide bonds. The number of amides is 1. The number of carbonyl (C=O) groups is 1. The summed E-state index contributed by atoms with van der Waals surface area (Å²) < 4.78 is 29.4. The van der Waals surface area contributed by atoms with Gasteiger partial charge in [0.15, 0.2) is 6.10 Å².